The molecule has 0 amide bonds. The van der Waals surface area contributed by atoms with Crippen LogP contribution in [0.4, 0.5) is 0 Å². The summed E-state index contributed by atoms with van der Waals surface area (Å²) in [4.78, 5) is 17.7. The van der Waals surface area contributed by atoms with Crippen molar-refractivity contribution in [2.75, 3.05) is 0 Å². The highest BCUT2D eigenvalue weighted by Crippen LogP contribution is 2.71. The number of aliphatic hydroxyl groups is 1. The number of aliphatic hydroxyl groups excluding tert-OH is 1. The second-order valence-corrected chi connectivity index (χ2v) is 11.2. The molecule has 0 saturated heterocycles. The van der Waals surface area contributed by atoms with Crippen molar-refractivity contribution < 1.29 is 9.90 Å². The van der Waals surface area contributed by atoms with E-state index in [1.54, 1.807) is 0 Å². The summed E-state index contributed by atoms with van der Waals surface area (Å²) in [5.74, 6) is 1.58. The van der Waals surface area contributed by atoms with E-state index in [0.717, 1.165) is 36.8 Å². The van der Waals surface area contributed by atoms with E-state index in [2.05, 4.69) is 69.7 Å². The van der Waals surface area contributed by atoms with Gasteiger partial charge in [0.25, 0.3) is 0 Å². The Morgan fingerprint density at radius 3 is 2.68 bits per heavy atom. The Labute approximate surface area is 186 Å². The lowest BCUT2D eigenvalue weighted by Gasteiger charge is -2.68. The normalized spacial score (nSPS) is 42.8. The Morgan fingerprint density at radius 1 is 1.19 bits per heavy atom. The molecule has 3 fully saturated rings. The second-order valence-electron chi connectivity index (χ2n) is 11.2. The minimum absolute atomic E-state index is 0.122. The molecular weight excluding hydrogens is 382 g/mol. The molecule has 0 unspecified atom stereocenters. The lowest BCUT2D eigenvalue weighted by molar-refractivity contribution is -0.218. The van der Waals surface area contributed by atoms with Crippen molar-refractivity contribution in [3.8, 4) is 0 Å². The average Bonchev–Trinajstić information content (AvgIpc) is 3.17. The van der Waals surface area contributed by atoms with E-state index in [0.29, 0.717) is 24.0 Å². The van der Waals surface area contributed by atoms with Crippen molar-refractivity contribution in [2.45, 2.75) is 71.8 Å². The van der Waals surface area contributed by atoms with Gasteiger partial charge in [0.1, 0.15) is 5.78 Å². The molecule has 1 heterocycles. The molecule has 1 aromatic carbocycles. The molecule has 8 atom stereocenters. The third-order valence-corrected chi connectivity index (χ3v) is 9.99. The summed E-state index contributed by atoms with van der Waals surface area (Å²) in [5, 5.41) is 12.9. The van der Waals surface area contributed by atoms with Crippen LogP contribution in [-0.4, -0.2) is 22.0 Å². The summed E-state index contributed by atoms with van der Waals surface area (Å²) < 4.78 is 0. The number of fused-ring (bicyclic) bond motifs is 1. The number of para-hydroxylation sites is 1. The zero-order valence-corrected chi connectivity index (χ0v) is 19.4. The van der Waals surface area contributed by atoms with E-state index >= 15 is 0 Å². The van der Waals surface area contributed by atoms with Gasteiger partial charge >= 0.3 is 0 Å². The quantitative estimate of drug-likeness (QED) is 0.566. The predicted molar refractivity (Wildman–Crippen MR) is 126 cm³/mol. The average molecular weight is 420 g/mol. The van der Waals surface area contributed by atoms with Crippen molar-refractivity contribution in [1.82, 2.24) is 4.98 Å². The van der Waals surface area contributed by atoms with E-state index in [4.69, 9.17) is 0 Å². The number of aromatic nitrogens is 1. The Balaban J connectivity index is 1.78. The van der Waals surface area contributed by atoms with E-state index in [1.165, 1.54) is 10.9 Å². The van der Waals surface area contributed by atoms with Gasteiger partial charge < -0.3 is 10.1 Å². The summed E-state index contributed by atoms with van der Waals surface area (Å²) in [6.07, 6.45) is 6.03. The van der Waals surface area contributed by atoms with Crippen LogP contribution in [0.25, 0.3) is 10.9 Å². The molecule has 3 heteroatoms. The number of rotatable bonds is 2. The maximum atomic E-state index is 14.2. The number of H-pyrrole nitrogens is 1. The summed E-state index contributed by atoms with van der Waals surface area (Å²) >= 11 is 0. The fourth-order valence-corrected chi connectivity index (χ4v) is 8.29. The van der Waals surface area contributed by atoms with Crippen LogP contribution in [0.5, 0.6) is 0 Å². The summed E-state index contributed by atoms with van der Waals surface area (Å²) in [6.45, 7) is 13.4. The third-order valence-electron chi connectivity index (χ3n) is 9.99. The van der Waals surface area contributed by atoms with Gasteiger partial charge in [-0.25, -0.2) is 0 Å². The van der Waals surface area contributed by atoms with Crippen molar-refractivity contribution in [1.29, 1.82) is 0 Å². The topological polar surface area (TPSA) is 53.1 Å². The van der Waals surface area contributed by atoms with Crippen LogP contribution >= 0.6 is 0 Å². The third kappa shape index (κ3) is 2.59. The molecule has 0 bridgehead atoms. The number of allylic oxidation sites excluding steroid dienone is 1. The maximum absolute atomic E-state index is 14.2. The van der Waals surface area contributed by atoms with Crippen molar-refractivity contribution >= 4 is 16.7 Å². The molecule has 3 aliphatic rings. The van der Waals surface area contributed by atoms with Gasteiger partial charge in [-0.05, 0) is 79.2 Å². The number of aromatic amines is 1. The minimum Gasteiger partial charge on any atom is -0.392 e. The number of Topliss-reactive ketones (excluding diaryl/α,β-unsaturated/α-hetero) is 1. The first kappa shape index (κ1) is 21.0. The molecule has 1 aromatic heterocycles. The number of hydrogen-bond donors (Lipinski definition) is 2. The molecule has 31 heavy (non-hydrogen) atoms. The van der Waals surface area contributed by atoms with Gasteiger partial charge in [0.2, 0.25) is 0 Å². The van der Waals surface area contributed by atoms with Crippen LogP contribution in [0.15, 0.2) is 42.6 Å². The Hall–Kier alpha value is -1.87. The first-order valence-corrected chi connectivity index (χ1v) is 12.2. The molecule has 166 valence electrons. The van der Waals surface area contributed by atoms with Crippen LogP contribution < -0.4 is 0 Å². The summed E-state index contributed by atoms with van der Waals surface area (Å²) in [5.41, 5.74) is 2.74. The van der Waals surface area contributed by atoms with E-state index in [-0.39, 0.29) is 23.2 Å². The molecule has 5 rings (SSSR count). The van der Waals surface area contributed by atoms with Crippen LogP contribution in [0, 0.1) is 34.5 Å². The molecule has 0 radical (unpaired) electrons. The molecule has 2 N–H and O–H groups in total. The molecule has 2 aromatic rings. The van der Waals surface area contributed by atoms with Crippen LogP contribution in [0.1, 0.15) is 71.3 Å². The second kappa shape index (κ2) is 7.07. The minimum atomic E-state index is -0.655. The predicted octanol–water partition coefficient (Wildman–Crippen LogP) is 6.25. The highest BCUT2D eigenvalue weighted by molar-refractivity contribution is 5.90. The molecule has 3 saturated carbocycles. The van der Waals surface area contributed by atoms with Gasteiger partial charge in [-0.1, -0.05) is 51.1 Å². The number of hydrogen-bond acceptors (Lipinski definition) is 2. The van der Waals surface area contributed by atoms with Crippen LogP contribution in [0.3, 0.4) is 0 Å². The smallest absolute Gasteiger partial charge is 0.143 e. The zero-order valence-electron chi connectivity index (χ0n) is 19.4. The highest BCUT2D eigenvalue weighted by atomic mass is 16.3. The molecule has 1 spiro atoms. The van der Waals surface area contributed by atoms with E-state index < -0.39 is 11.5 Å². The fraction of sp³-hybridized carbons (Fsp3) is 0.607. The van der Waals surface area contributed by atoms with Crippen molar-refractivity contribution in [2.24, 2.45) is 34.5 Å². The van der Waals surface area contributed by atoms with Crippen LogP contribution in [-0.2, 0) is 4.79 Å². The van der Waals surface area contributed by atoms with Gasteiger partial charge in [-0.2, -0.15) is 0 Å². The molecule has 0 aliphatic heterocycles. The van der Waals surface area contributed by atoms with E-state index in [1.807, 2.05) is 0 Å². The Kier molecular flexibility index (Phi) is 4.79. The lowest BCUT2D eigenvalue weighted by atomic mass is 9.35. The largest absolute Gasteiger partial charge is 0.392 e. The SMILES string of the molecule is C=C(C)[C@@H]1CC(=O)[C@]23[C@H]([C@H]1c1c[nH]c4ccccc14)[C@H](C)CC[C@@]2(C)[C@H](C)CC[C@@H]3O. The van der Waals surface area contributed by atoms with Crippen LogP contribution in [0.2, 0.25) is 0 Å². The Bertz CT molecular complexity index is 1040. The molecule has 3 aliphatic carbocycles. The monoisotopic (exact) mass is 419 g/mol. The number of carbonyl (C=O) groups is 1. The molecule has 3 nitrogen and oxygen atoms in total. The number of benzene rings is 1. The van der Waals surface area contributed by atoms with E-state index in [9.17, 15) is 9.90 Å². The summed E-state index contributed by atoms with van der Waals surface area (Å²) in [7, 11) is 0. The number of carbonyl (C=O) groups excluding carboxylic acids is 1. The zero-order chi connectivity index (χ0) is 22.1. The van der Waals surface area contributed by atoms with Gasteiger partial charge in [0.15, 0.2) is 0 Å². The first-order chi connectivity index (χ1) is 14.7. The number of ketones is 1. The highest BCUT2D eigenvalue weighted by Gasteiger charge is 2.71. The van der Waals surface area contributed by atoms with Crippen molar-refractivity contribution in [3.63, 3.8) is 0 Å². The maximum Gasteiger partial charge on any atom is 0.143 e. The van der Waals surface area contributed by atoms with Gasteiger partial charge in [-0.3, -0.25) is 4.79 Å². The van der Waals surface area contributed by atoms with Gasteiger partial charge in [0.05, 0.1) is 11.5 Å². The first-order valence-electron chi connectivity index (χ1n) is 12.2. The van der Waals surface area contributed by atoms with Crippen molar-refractivity contribution in [3.05, 3.63) is 48.2 Å². The number of nitrogens with one attached hydrogen (secondary N) is 1. The van der Waals surface area contributed by atoms with Gasteiger partial charge in [-0.15, -0.1) is 0 Å². The lowest BCUT2D eigenvalue weighted by Crippen LogP contribution is -2.69. The standard InChI is InChI=1S/C28H37NO2/c1-16(2)20-14-24(31)28-23(30)11-10-18(4)27(28,5)13-12-17(3)26(28)25(20)21-15-29-22-9-7-6-8-19(21)22/h6-9,15,17-18,20,23,25-26,29-30H,1,10-14H2,2-5H3/t17-,18-,20+,23+,25-,26+,27+,28-/m1/s1. The fourth-order valence-electron chi connectivity index (χ4n) is 8.29. The van der Waals surface area contributed by atoms with Gasteiger partial charge in [0, 0.05) is 23.5 Å². The molecular formula is C28H37NO2. The Morgan fingerprint density at radius 2 is 1.94 bits per heavy atom. The summed E-state index contributed by atoms with van der Waals surface area (Å²) in [6, 6.07) is 8.50.